The fourth-order valence-corrected chi connectivity index (χ4v) is 1.85. The van der Waals surface area contributed by atoms with E-state index in [0.29, 0.717) is 13.1 Å². The van der Waals surface area contributed by atoms with E-state index in [1.807, 2.05) is 20.8 Å². The van der Waals surface area contributed by atoms with Gasteiger partial charge in [0.2, 0.25) is 10.0 Å². The normalized spacial score (nSPS) is 13.1. The molecule has 0 spiro atoms. The number of rotatable bonds is 7. The van der Waals surface area contributed by atoms with Crippen molar-refractivity contribution in [2.75, 3.05) is 32.6 Å². The van der Waals surface area contributed by atoms with Crippen molar-refractivity contribution in [3.05, 3.63) is 0 Å². The van der Waals surface area contributed by atoms with Crippen LogP contribution in [0.4, 0.5) is 0 Å². The molecule has 0 atom stereocenters. The van der Waals surface area contributed by atoms with Crippen LogP contribution >= 0.6 is 0 Å². The predicted octanol–water partition coefficient (Wildman–Crippen LogP) is -0.0597. The van der Waals surface area contributed by atoms with Crippen molar-refractivity contribution >= 4 is 10.0 Å². The van der Waals surface area contributed by atoms with Gasteiger partial charge in [-0.3, -0.25) is 0 Å². The molecule has 2 N–H and O–H groups in total. The Morgan fingerprint density at radius 1 is 1.20 bits per heavy atom. The number of ether oxygens (including phenoxy) is 1. The van der Waals surface area contributed by atoms with Gasteiger partial charge in [0.25, 0.3) is 0 Å². The van der Waals surface area contributed by atoms with Gasteiger partial charge < -0.3 is 10.1 Å². The molecule has 0 aromatic rings. The zero-order chi connectivity index (χ0) is 11.9. The van der Waals surface area contributed by atoms with Crippen molar-refractivity contribution in [1.29, 1.82) is 0 Å². The van der Waals surface area contributed by atoms with Crippen molar-refractivity contribution in [1.82, 2.24) is 10.0 Å². The lowest BCUT2D eigenvalue weighted by Crippen LogP contribution is -2.41. The summed E-state index contributed by atoms with van der Waals surface area (Å²) in [6.07, 6.45) is 0. The van der Waals surface area contributed by atoms with E-state index >= 15 is 0 Å². The Morgan fingerprint density at radius 2 is 1.80 bits per heavy atom. The lowest BCUT2D eigenvalue weighted by atomic mass is 10.1. The second-order valence-electron chi connectivity index (χ2n) is 4.38. The average molecular weight is 238 g/mol. The molecule has 0 saturated carbocycles. The number of hydrogen-bond donors (Lipinski definition) is 2. The summed E-state index contributed by atoms with van der Waals surface area (Å²) in [4.78, 5) is 0. The molecule has 0 heterocycles. The molecule has 0 amide bonds. The molecule has 0 bridgehead atoms. The maximum absolute atomic E-state index is 11.3. The largest absolute Gasteiger partial charge is 0.384 e. The van der Waals surface area contributed by atoms with Gasteiger partial charge in [0.1, 0.15) is 0 Å². The molecule has 0 aliphatic carbocycles. The van der Waals surface area contributed by atoms with Gasteiger partial charge >= 0.3 is 0 Å². The third-order valence-corrected chi connectivity index (χ3v) is 3.01. The lowest BCUT2D eigenvalue weighted by Gasteiger charge is -2.20. The molecule has 0 unspecified atom stereocenters. The monoisotopic (exact) mass is 238 g/mol. The van der Waals surface area contributed by atoms with Gasteiger partial charge in [0.15, 0.2) is 0 Å². The predicted molar refractivity (Wildman–Crippen MR) is 61.4 cm³/mol. The van der Waals surface area contributed by atoms with Gasteiger partial charge in [-0.2, -0.15) is 0 Å². The molecule has 15 heavy (non-hydrogen) atoms. The van der Waals surface area contributed by atoms with Crippen LogP contribution in [0.15, 0.2) is 0 Å². The van der Waals surface area contributed by atoms with E-state index in [9.17, 15) is 8.42 Å². The standard InChI is InChI=1S/C9H22N2O3S/c1-9(2,3)10-5-6-11-15(12,13)8-7-14-4/h10-11H,5-8H2,1-4H3. The van der Waals surface area contributed by atoms with Crippen LogP contribution < -0.4 is 10.0 Å². The first-order valence-corrected chi connectivity index (χ1v) is 6.63. The van der Waals surface area contributed by atoms with Crippen LogP contribution in [0.25, 0.3) is 0 Å². The van der Waals surface area contributed by atoms with Gasteiger partial charge in [0.05, 0.1) is 12.4 Å². The minimum atomic E-state index is -3.18. The summed E-state index contributed by atoms with van der Waals surface area (Å²) in [5.74, 6) is 0.0129. The first-order chi connectivity index (χ1) is 6.77. The second kappa shape index (κ2) is 6.42. The average Bonchev–Trinajstić information content (AvgIpc) is 2.08. The smallest absolute Gasteiger partial charge is 0.213 e. The zero-order valence-electron chi connectivity index (χ0n) is 9.96. The highest BCUT2D eigenvalue weighted by atomic mass is 32.2. The molecule has 0 aromatic heterocycles. The molecule has 0 aliphatic heterocycles. The quantitative estimate of drug-likeness (QED) is 0.610. The Labute approximate surface area is 92.6 Å². The Kier molecular flexibility index (Phi) is 6.35. The zero-order valence-corrected chi connectivity index (χ0v) is 10.8. The number of sulfonamides is 1. The Morgan fingerprint density at radius 3 is 2.27 bits per heavy atom. The van der Waals surface area contributed by atoms with E-state index in [2.05, 4.69) is 10.0 Å². The molecule has 6 heteroatoms. The van der Waals surface area contributed by atoms with Crippen molar-refractivity contribution in [2.45, 2.75) is 26.3 Å². The van der Waals surface area contributed by atoms with Gasteiger partial charge in [-0.05, 0) is 20.8 Å². The molecule has 5 nitrogen and oxygen atoms in total. The molecule has 0 fully saturated rings. The fraction of sp³-hybridized carbons (Fsp3) is 1.00. The molecule has 0 saturated heterocycles. The molecule has 92 valence electrons. The topological polar surface area (TPSA) is 67.4 Å². The summed E-state index contributed by atoms with van der Waals surface area (Å²) >= 11 is 0. The molecular weight excluding hydrogens is 216 g/mol. The van der Waals surface area contributed by atoms with Crippen molar-refractivity contribution in [3.63, 3.8) is 0 Å². The van der Waals surface area contributed by atoms with E-state index in [0.717, 1.165) is 0 Å². The summed E-state index contributed by atoms with van der Waals surface area (Å²) in [6, 6.07) is 0. The van der Waals surface area contributed by atoms with Crippen LogP contribution in [0, 0.1) is 0 Å². The third-order valence-electron chi connectivity index (χ3n) is 1.66. The number of methoxy groups -OCH3 is 1. The minimum Gasteiger partial charge on any atom is -0.384 e. The number of nitrogens with one attached hydrogen (secondary N) is 2. The van der Waals surface area contributed by atoms with E-state index in [1.165, 1.54) is 7.11 Å². The summed E-state index contributed by atoms with van der Waals surface area (Å²) < 4.78 is 29.8. The van der Waals surface area contributed by atoms with Gasteiger partial charge in [-0.1, -0.05) is 0 Å². The maximum Gasteiger partial charge on any atom is 0.213 e. The van der Waals surface area contributed by atoms with Crippen LogP contribution in [-0.4, -0.2) is 46.5 Å². The second-order valence-corrected chi connectivity index (χ2v) is 6.31. The van der Waals surface area contributed by atoms with Crippen molar-refractivity contribution in [2.24, 2.45) is 0 Å². The van der Waals surface area contributed by atoms with E-state index in [1.54, 1.807) is 0 Å². The van der Waals surface area contributed by atoms with Crippen LogP contribution in [-0.2, 0) is 14.8 Å². The van der Waals surface area contributed by atoms with Gasteiger partial charge in [0, 0.05) is 25.7 Å². The van der Waals surface area contributed by atoms with Crippen molar-refractivity contribution < 1.29 is 13.2 Å². The highest BCUT2D eigenvalue weighted by molar-refractivity contribution is 7.89. The highest BCUT2D eigenvalue weighted by Crippen LogP contribution is 1.96. The fourth-order valence-electron chi connectivity index (χ4n) is 0.909. The molecule has 0 rings (SSSR count). The highest BCUT2D eigenvalue weighted by Gasteiger charge is 2.11. The van der Waals surface area contributed by atoms with Crippen LogP contribution in [0.3, 0.4) is 0 Å². The summed E-state index contributed by atoms with van der Waals surface area (Å²) in [5, 5.41) is 3.19. The maximum atomic E-state index is 11.3. The van der Waals surface area contributed by atoms with Crippen LogP contribution in [0.5, 0.6) is 0 Å². The van der Waals surface area contributed by atoms with E-state index < -0.39 is 10.0 Å². The van der Waals surface area contributed by atoms with Crippen LogP contribution in [0.1, 0.15) is 20.8 Å². The number of hydrogen-bond acceptors (Lipinski definition) is 4. The van der Waals surface area contributed by atoms with Crippen molar-refractivity contribution in [3.8, 4) is 0 Å². The molecule has 0 aromatic carbocycles. The summed E-state index contributed by atoms with van der Waals surface area (Å²) in [6.45, 7) is 7.35. The van der Waals surface area contributed by atoms with E-state index in [4.69, 9.17) is 4.74 Å². The Hall–Kier alpha value is -0.170. The Balaban J connectivity index is 3.67. The summed E-state index contributed by atoms with van der Waals surface area (Å²) in [7, 11) is -1.69. The first kappa shape index (κ1) is 14.8. The molecule has 0 radical (unpaired) electrons. The molecule has 0 aliphatic rings. The minimum absolute atomic E-state index is 0.0119. The third kappa shape index (κ3) is 10.1. The van der Waals surface area contributed by atoms with E-state index in [-0.39, 0.29) is 17.9 Å². The SMILES string of the molecule is COCCS(=O)(=O)NCCNC(C)(C)C. The Bertz CT molecular complexity index is 257. The molecular formula is C9H22N2O3S. The first-order valence-electron chi connectivity index (χ1n) is 4.98. The van der Waals surface area contributed by atoms with Gasteiger partial charge in [-0.15, -0.1) is 0 Å². The summed E-state index contributed by atoms with van der Waals surface area (Å²) in [5.41, 5.74) is 0.0119. The van der Waals surface area contributed by atoms with Crippen LogP contribution in [0.2, 0.25) is 0 Å². The lowest BCUT2D eigenvalue weighted by molar-refractivity contribution is 0.217. The van der Waals surface area contributed by atoms with Gasteiger partial charge in [-0.25, -0.2) is 13.1 Å².